The fraction of sp³-hybridized carbons (Fsp3) is 1.00. The Labute approximate surface area is 90.2 Å². The van der Waals surface area contributed by atoms with Gasteiger partial charge in [-0.3, -0.25) is 0 Å². The maximum atomic E-state index is 9.41. The topological polar surface area (TPSA) is 58.9 Å². The SMILES string of the molecule is OCCC1(CO)CCC2(CC1)OCCO2. The average Bonchev–Trinajstić information content (AvgIpc) is 2.72. The Hall–Kier alpha value is -0.160. The number of rotatable bonds is 3. The van der Waals surface area contributed by atoms with Gasteiger partial charge >= 0.3 is 0 Å². The standard InChI is InChI=1S/C11H20O4/c12-6-5-10(9-13)1-3-11(4-2-10)14-7-8-15-11/h12-13H,1-9H2. The van der Waals surface area contributed by atoms with Gasteiger partial charge in [0.1, 0.15) is 0 Å². The van der Waals surface area contributed by atoms with Gasteiger partial charge in [-0.25, -0.2) is 0 Å². The Morgan fingerprint density at radius 3 is 2.00 bits per heavy atom. The molecule has 0 aromatic heterocycles. The van der Waals surface area contributed by atoms with E-state index in [1.54, 1.807) is 0 Å². The van der Waals surface area contributed by atoms with Crippen molar-refractivity contribution >= 4 is 0 Å². The van der Waals surface area contributed by atoms with Crippen LogP contribution in [0.5, 0.6) is 0 Å². The molecule has 0 amide bonds. The van der Waals surface area contributed by atoms with Crippen LogP contribution in [0, 0.1) is 5.41 Å². The molecule has 1 aliphatic heterocycles. The van der Waals surface area contributed by atoms with Crippen molar-refractivity contribution in [2.75, 3.05) is 26.4 Å². The first-order chi connectivity index (χ1) is 7.24. The molecule has 1 saturated carbocycles. The van der Waals surface area contributed by atoms with E-state index in [1.165, 1.54) is 0 Å². The molecule has 2 N–H and O–H groups in total. The molecule has 0 aromatic rings. The fourth-order valence-corrected chi connectivity index (χ4v) is 2.67. The van der Waals surface area contributed by atoms with E-state index >= 15 is 0 Å². The Bertz CT molecular complexity index is 201. The maximum absolute atomic E-state index is 9.41. The molecule has 1 heterocycles. The molecule has 88 valence electrons. The molecule has 4 heteroatoms. The third-order valence-electron chi connectivity index (χ3n) is 3.86. The molecule has 2 rings (SSSR count). The highest BCUT2D eigenvalue weighted by Crippen LogP contribution is 2.46. The van der Waals surface area contributed by atoms with Gasteiger partial charge in [-0.15, -0.1) is 0 Å². The van der Waals surface area contributed by atoms with Crippen LogP contribution in [0.1, 0.15) is 32.1 Å². The minimum Gasteiger partial charge on any atom is -0.396 e. The average molecular weight is 216 g/mol. The lowest BCUT2D eigenvalue weighted by Gasteiger charge is -2.42. The number of aliphatic hydroxyl groups excluding tert-OH is 2. The highest BCUT2D eigenvalue weighted by atomic mass is 16.7. The van der Waals surface area contributed by atoms with Crippen LogP contribution in [0.4, 0.5) is 0 Å². The number of ether oxygens (including phenoxy) is 2. The van der Waals surface area contributed by atoms with Crippen molar-refractivity contribution in [3.63, 3.8) is 0 Å². The lowest BCUT2D eigenvalue weighted by atomic mass is 9.70. The van der Waals surface area contributed by atoms with Crippen molar-refractivity contribution in [1.29, 1.82) is 0 Å². The van der Waals surface area contributed by atoms with Crippen molar-refractivity contribution in [2.24, 2.45) is 5.41 Å². The van der Waals surface area contributed by atoms with Gasteiger partial charge in [-0.1, -0.05) is 0 Å². The molecule has 0 unspecified atom stereocenters. The van der Waals surface area contributed by atoms with E-state index in [0.717, 1.165) is 25.7 Å². The third kappa shape index (κ3) is 2.18. The monoisotopic (exact) mass is 216 g/mol. The molecular formula is C11H20O4. The van der Waals surface area contributed by atoms with Gasteiger partial charge in [0.2, 0.25) is 0 Å². The molecule has 0 aromatic carbocycles. The van der Waals surface area contributed by atoms with Gasteiger partial charge < -0.3 is 19.7 Å². The first-order valence-corrected chi connectivity index (χ1v) is 5.74. The van der Waals surface area contributed by atoms with Crippen LogP contribution in [0.3, 0.4) is 0 Å². The summed E-state index contributed by atoms with van der Waals surface area (Å²) < 4.78 is 11.3. The van der Waals surface area contributed by atoms with Gasteiger partial charge in [0.25, 0.3) is 0 Å². The van der Waals surface area contributed by atoms with Crippen molar-refractivity contribution in [3.05, 3.63) is 0 Å². The quantitative estimate of drug-likeness (QED) is 0.728. The molecule has 2 fully saturated rings. The Morgan fingerprint density at radius 1 is 0.933 bits per heavy atom. The normalized spacial score (nSPS) is 28.4. The summed E-state index contributed by atoms with van der Waals surface area (Å²) in [6.45, 7) is 1.68. The highest BCUT2D eigenvalue weighted by molar-refractivity contribution is 4.90. The minimum atomic E-state index is -0.367. The molecule has 1 aliphatic carbocycles. The van der Waals surface area contributed by atoms with Crippen LogP contribution in [0.15, 0.2) is 0 Å². The van der Waals surface area contributed by atoms with E-state index in [2.05, 4.69) is 0 Å². The Balaban J connectivity index is 1.94. The van der Waals surface area contributed by atoms with Gasteiger partial charge in [-0.05, 0) is 24.7 Å². The summed E-state index contributed by atoms with van der Waals surface area (Å²) in [4.78, 5) is 0. The summed E-state index contributed by atoms with van der Waals surface area (Å²) in [7, 11) is 0. The van der Waals surface area contributed by atoms with Gasteiger partial charge in [0.15, 0.2) is 5.79 Å². The second kappa shape index (κ2) is 4.37. The van der Waals surface area contributed by atoms with Gasteiger partial charge in [0, 0.05) is 26.1 Å². The summed E-state index contributed by atoms with van der Waals surface area (Å²) in [6, 6.07) is 0. The first-order valence-electron chi connectivity index (χ1n) is 5.74. The Morgan fingerprint density at radius 2 is 1.53 bits per heavy atom. The summed E-state index contributed by atoms with van der Waals surface area (Å²) in [5.41, 5.74) is -0.102. The number of aliphatic hydroxyl groups is 2. The molecule has 0 atom stereocenters. The summed E-state index contributed by atoms with van der Waals surface area (Å²) in [5.74, 6) is -0.367. The zero-order valence-corrected chi connectivity index (χ0v) is 9.07. The zero-order valence-electron chi connectivity index (χ0n) is 9.07. The summed E-state index contributed by atoms with van der Waals surface area (Å²) in [6.07, 6.45) is 4.12. The zero-order chi connectivity index (χ0) is 10.8. The van der Waals surface area contributed by atoms with Crippen molar-refractivity contribution in [2.45, 2.75) is 37.9 Å². The van der Waals surface area contributed by atoms with E-state index in [9.17, 15) is 5.11 Å². The van der Waals surface area contributed by atoms with Crippen LogP contribution < -0.4 is 0 Å². The third-order valence-corrected chi connectivity index (χ3v) is 3.86. The highest BCUT2D eigenvalue weighted by Gasteiger charge is 2.45. The second-order valence-corrected chi connectivity index (χ2v) is 4.74. The van der Waals surface area contributed by atoms with E-state index in [4.69, 9.17) is 14.6 Å². The smallest absolute Gasteiger partial charge is 0.168 e. The molecule has 0 radical (unpaired) electrons. The van der Waals surface area contributed by atoms with E-state index in [0.29, 0.717) is 19.6 Å². The number of hydrogen-bond donors (Lipinski definition) is 2. The van der Waals surface area contributed by atoms with Crippen LogP contribution in [-0.4, -0.2) is 42.4 Å². The van der Waals surface area contributed by atoms with E-state index in [1.807, 2.05) is 0 Å². The second-order valence-electron chi connectivity index (χ2n) is 4.74. The van der Waals surface area contributed by atoms with Crippen LogP contribution in [-0.2, 0) is 9.47 Å². The minimum absolute atomic E-state index is 0.102. The lowest BCUT2D eigenvalue weighted by molar-refractivity contribution is -0.196. The van der Waals surface area contributed by atoms with Gasteiger partial charge in [-0.2, -0.15) is 0 Å². The predicted octanol–water partition coefficient (Wildman–Crippen LogP) is 0.665. The predicted molar refractivity (Wildman–Crippen MR) is 54.3 cm³/mol. The summed E-state index contributed by atoms with van der Waals surface area (Å²) in [5, 5.41) is 18.4. The van der Waals surface area contributed by atoms with Crippen LogP contribution >= 0.6 is 0 Å². The van der Waals surface area contributed by atoms with E-state index < -0.39 is 0 Å². The maximum Gasteiger partial charge on any atom is 0.168 e. The largest absolute Gasteiger partial charge is 0.396 e. The number of hydrogen-bond acceptors (Lipinski definition) is 4. The van der Waals surface area contributed by atoms with E-state index in [-0.39, 0.29) is 24.4 Å². The van der Waals surface area contributed by atoms with Crippen molar-refractivity contribution < 1.29 is 19.7 Å². The Kier molecular flexibility index (Phi) is 3.30. The first kappa shape index (κ1) is 11.3. The molecule has 4 nitrogen and oxygen atoms in total. The molecule has 1 saturated heterocycles. The van der Waals surface area contributed by atoms with Crippen molar-refractivity contribution in [1.82, 2.24) is 0 Å². The molecule has 15 heavy (non-hydrogen) atoms. The fourth-order valence-electron chi connectivity index (χ4n) is 2.67. The molecular weight excluding hydrogens is 196 g/mol. The lowest BCUT2D eigenvalue weighted by Crippen LogP contribution is -2.42. The molecule has 2 aliphatic rings. The van der Waals surface area contributed by atoms with Crippen molar-refractivity contribution in [3.8, 4) is 0 Å². The van der Waals surface area contributed by atoms with Gasteiger partial charge in [0.05, 0.1) is 13.2 Å². The van der Waals surface area contributed by atoms with Crippen LogP contribution in [0.2, 0.25) is 0 Å². The molecule has 1 spiro atoms. The summed E-state index contributed by atoms with van der Waals surface area (Å²) >= 11 is 0. The van der Waals surface area contributed by atoms with Crippen LogP contribution in [0.25, 0.3) is 0 Å². The molecule has 0 bridgehead atoms.